The molecular weight excluding hydrogens is 241 g/mol. The van der Waals surface area contributed by atoms with E-state index in [1.807, 2.05) is 7.05 Å². The summed E-state index contributed by atoms with van der Waals surface area (Å²) in [6, 6.07) is 6.47. The summed E-state index contributed by atoms with van der Waals surface area (Å²) in [4.78, 5) is 14.3. The van der Waals surface area contributed by atoms with Crippen molar-refractivity contribution in [3.05, 3.63) is 35.6 Å². The van der Waals surface area contributed by atoms with Crippen molar-refractivity contribution in [3.8, 4) is 0 Å². The molecule has 2 rings (SSSR count). The Kier molecular flexibility index (Phi) is 5.08. The summed E-state index contributed by atoms with van der Waals surface area (Å²) in [6.45, 7) is 0.383. The van der Waals surface area contributed by atoms with E-state index >= 15 is 0 Å². The first kappa shape index (κ1) is 14.2. The third kappa shape index (κ3) is 4.13. The molecule has 0 aromatic heterocycles. The largest absolute Gasteiger partial charge is 0.296 e. The number of rotatable bonds is 4. The van der Waals surface area contributed by atoms with Gasteiger partial charge in [-0.2, -0.15) is 0 Å². The number of likely N-dealkylation sites (N-methyl/N-ethyl adjacent to an activating group) is 1. The maximum Gasteiger partial charge on any atom is 0.176 e. The van der Waals surface area contributed by atoms with Gasteiger partial charge in [0.25, 0.3) is 0 Å². The maximum absolute atomic E-state index is 13.1. The molecular formula is C16H22FNO. The van der Waals surface area contributed by atoms with Gasteiger partial charge in [0, 0.05) is 11.6 Å². The minimum absolute atomic E-state index is 0.00578. The Balaban J connectivity index is 1.94. The van der Waals surface area contributed by atoms with E-state index in [-0.39, 0.29) is 11.6 Å². The topological polar surface area (TPSA) is 20.3 Å². The van der Waals surface area contributed by atoms with Crippen molar-refractivity contribution < 1.29 is 9.18 Å². The summed E-state index contributed by atoms with van der Waals surface area (Å²) >= 11 is 0. The van der Waals surface area contributed by atoms with Crippen LogP contribution in [0, 0.1) is 5.82 Å². The van der Waals surface area contributed by atoms with Crippen LogP contribution in [0.15, 0.2) is 24.3 Å². The summed E-state index contributed by atoms with van der Waals surface area (Å²) in [7, 11) is 2.01. The van der Waals surface area contributed by atoms with Gasteiger partial charge in [0.15, 0.2) is 5.78 Å². The molecule has 19 heavy (non-hydrogen) atoms. The minimum atomic E-state index is -0.344. The number of ketones is 1. The predicted molar refractivity (Wildman–Crippen MR) is 74.9 cm³/mol. The maximum atomic E-state index is 13.1. The van der Waals surface area contributed by atoms with Crippen LogP contribution in [-0.2, 0) is 0 Å². The lowest BCUT2D eigenvalue weighted by atomic mass is 10.1. The van der Waals surface area contributed by atoms with E-state index < -0.39 is 0 Å². The molecule has 1 aliphatic carbocycles. The molecule has 104 valence electrons. The molecule has 0 bridgehead atoms. The molecule has 1 aromatic rings. The van der Waals surface area contributed by atoms with Crippen LogP contribution in [0.5, 0.6) is 0 Å². The molecule has 0 aliphatic heterocycles. The van der Waals surface area contributed by atoms with Crippen LogP contribution in [0.25, 0.3) is 0 Å². The Morgan fingerprint density at radius 3 is 2.58 bits per heavy atom. The normalized spacial score (nSPS) is 17.4. The number of halogens is 1. The fourth-order valence-corrected chi connectivity index (χ4v) is 2.81. The Bertz CT molecular complexity index is 425. The number of carbonyl (C=O) groups is 1. The van der Waals surface area contributed by atoms with Gasteiger partial charge in [-0.1, -0.05) is 37.8 Å². The van der Waals surface area contributed by atoms with E-state index in [1.165, 1.54) is 50.7 Å². The van der Waals surface area contributed by atoms with Crippen LogP contribution >= 0.6 is 0 Å². The Labute approximate surface area is 114 Å². The quantitative estimate of drug-likeness (QED) is 0.610. The van der Waals surface area contributed by atoms with Crippen LogP contribution in [0.4, 0.5) is 4.39 Å². The second-order valence-electron chi connectivity index (χ2n) is 5.49. The third-order valence-electron chi connectivity index (χ3n) is 3.99. The zero-order valence-corrected chi connectivity index (χ0v) is 11.6. The van der Waals surface area contributed by atoms with Crippen LogP contribution in [0.2, 0.25) is 0 Å². The van der Waals surface area contributed by atoms with Crippen molar-refractivity contribution in [2.75, 3.05) is 13.6 Å². The monoisotopic (exact) mass is 263 g/mol. The van der Waals surface area contributed by atoms with E-state index in [0.29, 0.717) is 18.2 Å². The first-order valence-electron chi connectivity index (χ1n) is 7.16. The third-order valence-corrected chi connectivity index (χ3v) is 3.99. The number of hydrogen-bond acceptors (Lipinski definition) is 2. The number of Topliss-reactive ketones (excluding diaryl/α,β-unsaturated/α-hetero) is 1. The molecule has 0 radical (unpaired) electrons. The molecule has 0 spiro atoms. The number of carbonyl (C=O) groups excluding carboxylic acids is 1. The van der Waals surface area contributed by atoms with E-state index in [0.717, 1.165) is 0 Å². The second kappa shape index (κ2) is 6.80. The van der Waals surface area contributed by atoms with Crippen LogP contribution < -0.4 is 0 Å². The summed E-state index contributed by atoms with van der Waals surface area (Å²) in [6.07, 6.45) is 7.47. The van der Waals surface area contributed by atoms with Gasteiger partial charge in [-0.05, 0) is 32.0 Å². The van der Waals surface area contributed by atoms with Crippen molar-refractivity contribution in [1.29, 1.82) is 0 Å². The standard InChI is InChI=1S/C16H22FNO/c1-18(15-9-4-2-3-5-10-15)12-16(19)13-7-6-8-14(17)11-13/h6-8,11,15H,2-5,9-10,12H2,1H3. The van der Waals surface area contributed by atoms with Gasteiger partial charge >= 0.3 is 0 Å². The summed E-state index contributed by atoms with van der Waals surface area (Å²) < 4.78 is 13.1. The smallest absolute Gasteiger partial charge is 0.176 e. The van der Waals surface area contributed by atoms with Crippen molar-refractivity contribution in [2.45, 2.75) is 44.6 Å². The highest BCUT2D eigenvalue weighted by atomic mass is 19.1. The molecule has 2 nitrogen and oxygen atoms in total. The summed E-state index contributed by atoms with van der Waals surface area (Å²) in [5, 5.41) is 0. The molecule has 0 unspecified atom stereocenters. The van der Waals surface area contributed by atoms with Gasteiger partial charge < -0.3 is 0 Å². The van der Waals surface area contributed by atoms with E-state index in [1.54, 1.807) is 12.1 Å². The van der Waals surface area contributed by atoms with Gasteiger partial charge in [-0.15, -0.1) is 0 Å². The lowest BCUT2D eigenvalue weighted by Crippen LogP contribution is -2.35. The molecule has 3 heteroatoms. The summed E-state index contributed by atoms with van der Waals surface area (Å²) in [5.41, 5.74) is 0.473. The lowest BCUT2D eigenvalue weighted by Gasteiger charge is -2.26. The van der Waals surface area contributed by atoms with E-state index in [9.17, 15) is 9.18 Å². The lowest BCUT2D eigenvalue weighted by molar-refractivity contribution is 0.0911. The predicted octanol–water partition coefficient (Wildman–Crippen LogP) is 3.66. The fraction of sp³-hybridized carbons (Fsp3) is 0.562. The first-order valence-corrected chi connectivity index (χ1v) is 7.16. The first-order chi connectivity index (χ1) is 9.16. The van der Waals surface area contributed by atoms with Crippen molar-refractivity contribution in [3.63, 3.8) is 0 Å². The molecule has 0 atom stereocenters. The fourth-order valence-electron chi connectivity index (χ4n) is 2.81. The average Bonchev–Trinajstić information content (AvgIpc) is 2.67. The molecule has 0 N–H and O–H groups in total. The molecule has 0 saturated heterocycles. The Morgan fingerprint density at radius 1 is 1.26 bits per heavy atom. The second-order valence-corrected chi connectivity index (χ2v) is 5.49. The highest BCUT2D eigenvalue weighted by molar-refractivity contribution is 5.97. The van der Waals surface area contributed by atoms with E-state index in [4.69, 9.17) is 0 Å². The van der Waals surface area contributed by atoms with Gasteiger partial charge in [-0.3, -0.25) is 9.69 Å². The van der Waals surface area contributed by atoms with Crippen LogP contribution in [-0.4, -0.2) is 30.3 Å². The number of nitrogens with zero attached hydrogens (tertiary/aromatic N) is 1. The van der Waals surface area contributed by atoms with E-state index in [2.05, 4.69) is 4.90 Å². The molecule has 1 aliphatic rings. The molecule has 1 fully saturated rings. The highest BCUT2D eigenvalue weighted by Crippen LogP contribution is 2.21. The highest BCUT2D eigenvalue weighted by Gasteiger charge is 2.19. The van der Waals surface area contributed by atoms with Crippen LogP contribution in [0.3, 0.4) is 0 Å². The van der Waals surface area contributed by atoms with Gasteiger partial charge in [0.1, 0.15) is 5.82 Å². The SMILES string of the molecule is CN(CC(=O)c1cccc(F)c1)C1CCCCCC1. The Morgan fingerprint density at radius 2 is 1.95 bits per heavy atom. The van der Waals surface area contributed by atoms with Crippen molar-refractivity contribution in [2.24, 2.45) is 0 Å². The molecule has 0 heterocycles. The van der Waals surface area contributed by atoms with Gasteiger partial charge in [0.2, 0.25) is 0 Å². The Hall–Kier alpha value is -1.22. The molecule has 1 aromatic carbocycles. The summed E-state index contributed by atoms with van der Waals surface area (Å²) in [5.74, 6) is -0.339. The van der Waals surface area contributed by atoms with Crippen molar-refractivity contribution >= 4 is 5.78 Å². The molecule has 0 amide bonds. The number of benzene rings is 1. The zero-order chi connectivity index (χ0) is 13.7. The molecule has 1 saturated carbocycles. The van der Waals surface area contributed by atoms with Crippen LogP contribution in [0.1, 0.15) is 48.9 Å². The number of hydrogen-bond donors (Lipinski definition) is 0. The van der Waals surface area contributed by atoms with Gasteiger partial charge in [-0.25, -0.2) is 4.39 Å². The zero-order valence-electron chi connectivity index (χ0n) is 11.6. The van der Waals surface area contributed by atoms with Gasteiger partial charge in [0.05, 0.1) is 6.54 Å². The van der Waals surface area contributed by atoms with Crippen molar-refractivity contribution in [1.82, 2.24) is 4.90 Å². The minimum Gasteiger partial charge on any atom is -0.296 e. The average molecular weight is 263 g/mol.